The van der Waals surface area contributed by atoms with E-state index in [9.17, 15) is 0 Å². The van der Waals surface area contributed by atoms with Crippen molar-refractivity contribution in [3.63, 3.8) is 0 Å². The van der Waals surface area contributed by atoms with Gasteiger partial charge < -0.3 is 4.74 Å². The Morgan fingerprint density at radius 3 is 2.71 bits per heavy atom. The summed E-state index contributed by atoms with van der Waals surface area (Å²) in [5.41, 5.74) is 1.01. The highest BCUT2D eigenvalue weighted by atomic mass is 16.5. The van der Waals surface area contributed by atoms with Crippen molar-refractivity contribution in [1.82, 2.24) is 4.98 Å². The lowest BCUT2D eigenvalue weighted by Crippen LogP contribution is -1.93. The third kappa shape index (κ3) is 1.62. The molecule has 3 rings (SSSR count). The number of hydrogen-bond acceptors (Lipinski definition) is 2. The number of hydrogen-bond donors (Lipinski definition) is 0. The Hall–Kier alpha value is -2.09. The third-order valence-electron chi connectivity index (χ3n) is 2.88. The largest absolute Gasteiger partial charge is 0.493 e. The molecule has 0 aliphatic carbocycles. The molecule has 0 saturated heterocycles. The number of aromatic nitrogens is 1. The van der Waals surface area contributed by atoms with Crippen LogP contribution in [0.5, 0.6) is 5.75 Å². The molecule has 2 nitrogen and oxygen atoms in total. The second-order valence-electron chi connectivity index (χ2n) is 3.93. The fourth-order valence-corrected chi connectivity index (χ4v) is 2.16. The van der Waals surface area contributed by atoms with E-state index in [0.717, 1.165) is 22.0 Å². The van der Waals surface area contributed by atoms with E-state index < -0.39 is 0 Å². The molecule has 0 spiro atoms. The molecule has 0 unspecified atom stereocenters. The fraction of sp³-hybridized carbons (Fsp3) is 0.133. The Kier molecular flexibility index (Phi) is 2.41. The van der Waals surface area contributed by atoms with Gasteiger partial charge in [-0.3, -0.25) is 4.98 Å². The number of pyridine rings is 1. The molecule has 3 aromatic rings. The zero-order chi connectivity index (χ0) is 11.7. The van der Waals surface area contributed by atoms with Gasteiger partial charge in [0.25, 0.3) is 0 Å². The van der Waals surface area contributed by atoms with Crippen LogP contribution in [0.15, 0.2) is 48.7 Å². The first-order valence-corrected chi connectivity index (χ1v) is 5.79. The summed E-state index contributed by atoms with van der Waals surface area (Å²) in [6, 6.07) is 14.3. The first-order chi connectivity index (χ1) is 8.40. The number of rotatable bonds is 2. The highest BCUT2D eigenvalue weighted by molar-refractivity contribution is 6.08. The second kappa shape index (κ2) is 4.06. The molecule has 0 radical (unpaired) electrons. The monoisotopic (exact) mass is 223 g/mol. The summed E-state index contributed by atoms with van der Waals surface area (Å²) in [5, 5.41) is 3.42. The molecular formula is C15H13NO. The first kappa shape index (κ1) is 10.1. The maximum Gasteiger partial charge on any atom is 0.129 e. The van der Waals surface area contributed by atoms with Crippen LogP contribution >= 0.6 is 0 Å². The molecule has 0 bridgehead atoms. The van der Waals surface area contributed by atoms with Crippen LogP contribution in [0.25, 0.3) is 21.7 Å². The van der Waals surface area contributed by atoms with E-state index in [1.54, 1.807) is 0 Å². The standard InChI is InChI=1S/C15H13NO/c1-2-17-13-7-3-5-11-8-9-12-6-4-10-16-15(12)14(11)13/h3-10H,2H2,1H3. The average molecular weight is 223 g/mol. The topological polar surface area (TPSA) is 22.1 Å². The Balaban J connectivity index is 2.45. The van der Waals surface area contributed by atoms with Crippen molar-refractivity contribution in [2.24, 2.45) is 0 Å². The lowest BCUT2D eigenvalue weighted by molar-refractivity contribution is 0.344. The van der Waals surface area contributed by atoms with Gasteiger partial charge in [-0.05, 0) is 24.4 Å². The Morgan fingerprint density at radius 2 is 1.82 bits per heavy atom. The zero-order valence-corrected chi connectivity index (χ0v) is 9.68. The minimum absolute atomic E-state index is 0.669. The minimum Gasteiger partial charge on any atom is -0.493 e. The van der Waals surface area contributed by atoms with Crippen LogP contribution in [0.2, 0.25) is 0 Å². The van der Waals surface area contributed by atoms with Gasteiger partial charge in [-0.15, -0.1) is 0 Å². The normalized spacial score (nSPS) is 10.9. The van der Waals surface area contributed by atoms with Gasteiger partial charge >= 0.3 is 0 Å². The van der Waals surface area contributed by atoms with Gasteiger partial charge in [0, 0.05) is 11.6 Å². The van der Waals surface area contributed by atoms with E-state index >= 15 is 0 Å². The maximum absolute atomic E-state index is 5.69. The van der Waals surface area contributed by atoms with Gasteiger partial charge in [0.15, 0.2) is 0 Å². The first-order valence-electron chi connectivity index (χ1n) is 5.79. The van der Waals surface area contributed by atoms with Crippen molar-refractivity contribution in [2.45, 2.75) is 6.92 Å². The Morgan fingerprint density at radius 1 is 1.00 bits per heavy atom. The number of nitrogens with zero attached hydrogens (tertiary/aromatic N) is 1. The van der Waals surface area contributed by atoms with Crippen LogP contribution in [0, 0.1) is 0 Å². The number of benzene rings is 2. The lowest BCUT2D eigenvalue weighted by Gasteiger charge is -2.09. The summed E-state index contributed by atoms with van der Waals surface area (Å²) in [6.45, 7) is 2.67. The van der Waals surface area contributed by atoms with Crippen molar-refractivity contribution in [1.29, 1.82) is 0 Å². The van der Waals surface area contributed by atoms with Gasteiger partial charge in [-0.1, -0.05) is 30.3 Å². The third-order valence-corrected chi connectivity index (χ3v) is 2.88. The molecule has 1 heterocycles. The predicted octanol–water partition coefficient (Wildman–Crippen LogP) is 3.79. The summed E-state index contributed by atoms with van der Waals surface area (Å²) >= 11 is 0. The molecule has 17 heavy (non-hydrogen) atoms. The van der Waals surface area contributed by atoms with E-state index in [1.165, 1.54) is 5.39 Å². The van der Waals surface area contributed by atoms with Crippen LogP contribution in [0.4, 0.5) is 0 Å². The second-order valence-corrected chi connectivity index (χ2v) is 3.93. The molecule has 0 aliphatic heterocycles. The smallest absolute Gasteiger partial charge is 0.129 e. The van der Waals surface area contributed by atoms with Crippen LogP contribution in [0.1, 0.15) is 6.92 Å². The summed E-state index contributed by atoms with van der Waals surface area (Å²) in [5.74, 6) is 0.911. The SMILES string of the molecule is CCOc1cccc2ccc3cccnc3c12. The van der Waals surface area contributed by atoms with E-state index in [1.807, 2.05) is 31.3 Å². The Labute approximate surface area is 99.9 Å². The fourth-order valence-electron chi connectivity index (χ4n) is 2.16. The Bertz CT molecular complexity index is 676. The molecule has 84 valence electrons. The predicted molar refractivity (Wildman–Crippen MR) is 70.4 cm³/mol. The van der Waals surface area contributed by atoms with Crippen LogP contribution in [-0.2, 0) is 0 Å². The van der Waals surface area contributed by atoms with E-state index in [4.69, 9.17) is 4.74 Å². The van der Waals surface area contributed by atoms with Gasteiger partial charge in [0.05, 0.1) is 17.5 Å². The molecule has 2 aromatic carbocycles. The van der Waals surface area contributed by atoms with Crippen molar-refractivity contribution in [3.05, 3.63) is 48.7 Å². The van der Waals surface area contributed by atoms with Gasteiger partial charge in [0.2, 0.25) is 0 Å². The zero-order valence-electron chi connectivity index (χ0n) is 9.68. The summed E-state index contributed by atoms with van der Waals surface area (Å²) < 4.78 is 5.69. The summed E-state index contributed by atoms with van der Waals surface area (Å²) in [4.78, 5) is 4.47. The molecule has 0 atom stereocenters. The molecular weight excluding hydrogens is 210 g/mol. The number of fused-ring (bicyclic) bond motifs is 3. The molecule has 0 N–H and O–H groups in total. The highest BCUT2D eigenvalue weighted by Crippen LogP contribution is 2.31. The highest BCUT2D eigenvalue weighted by Gasteiger charge is 2.06. The summed E-state index contributed by atoms with van der Waals surface area (Å²) in [6.07, 6.45) is 1.82. The maximum atomic E-state index is 5.69. The van der Waals surface area contributed by atoms with Crippen molar-refractivity contribution < 1.29 is 4.74 Å². The molecule has 0 saturated carbocycles. The molecule has 0 fully saturated rings. The molecule has 1 aromatic heterocycles. The van der Waals surface area contributed by atoms with Crippen molar-refractivity contribution in [2.75, 3.05) is 6.61 Å². The van der Waals surface area contributed by atoms with Crippen molar-refractivity contribution >= 4 is 21.7 Å². The van der Waals surface area contributed by atoms with Crippen LogP contribution in [-0.4, -0.2) is 11.6 Å². The summed E-state index contributed by atoms with van der Waals surface area (Å²) in [7, 11) is 0. The van der Waals surface area contributed by atoms with E-state index in [2.05, 4.69) is 29.2 Å². The van der Waals surface area contributed by atoms with Gasteiger partial charge in [-0.25, -0.2) is 0 Å². The van der Waals surface area contributed by atoms with Gasteiger partial charge in [0.1, 0.15) is 5.75 Å². The van der Waals surface area contributed by atoms with E-state index in [0.29, 0.717) is 6.61 Å². The van der Waals surface area contributed by atoms with Crippen LogP contribution in [0.3, 0.4) is 0 Å². The minimum atomic E-state index is 0.669. The molecule has 0 amide bonds. The van der Waals surface area contributed by atoms with E-state index in [-0.39, 0.29) is 0 Å². The van der Waals surface area contributed by atoms with Crippen LogP contribution < -0.4 is 4.74 Å². The average Bonchev–Trinajstić information content (AvgIpc) is 2.39. The van der Waals surface area contributed by atoms with Crippen molar-refractivity contribution in [3.8, 4) is 5.75 Å². The number of ether oxygens (including phenoxy) is 1. The molecule has 2 heteroatoms. The molecule has 0 aliphatic rings. The quantitative estimate of drug-likeness (QED) is 0.617. The van der Waals surface area contributed by atoms with Gasteiger partial charge in [-0.2, -0.15) is 0 Å². The lowest BCUT2D eigenvalue weighted by atomic mass is 10.1.